The molecular weight excluding hydrogens is 349 g/mol. The molecule has 138 valence electrons. The summed E-state index contributed by atoms with van der Waals surface area (Å²) in [5.41, 5.74) is 2.69. The lowest BCUT2D eigenvalue weighted by atomic mass is 10.1. The van der Waals surface area contributed by atoms with Crippen LogP contribution in [0.5, 0.6) is 5.75 Å². The second-order valence-corrected chi connectivity index (χ2v) is 6.24. The fraction of sp³-hybridized carbons (Fsp3) is 0.200. The van der Waals surface area contributed by atoms with Crippen LogP contribution in [0.4, 0.5) is 10.1 Å². The minimum atomic E-state index is -0.291. The number of hydrogen-bond donors (Lipinski definition) is 1. The van der Waals surface area contributed by atoms with Crippen LogP contribution in [0.25, 0.3) is 0 Å². The van der Waals surface area contributed by atoms with Crippen LogP contribution in [0.3, 0.4) is 0 Å². The monoisotopic (exact) mass is 367 g/mol. The molecular formula is C20H18FN3O3. The minimum Gasteiger partial charge on any atom is -0.497 e. The smallest absolute Gasteiger partial charge is 0.276 e. The Hall–Kier alpha value is -3.19. The van der Waals surface area contributed by atoms with Crippen molar-refractivity contribution in [3.63, 3.8) is 0 Å². The normalized spacial score (nSPS) is 15.9. The number of ether oxygens (including phenoxy) is 2. The van der Waals surface area contributed by atoms with E-state index < -0.39 is 0 Å². The molecule has 0 spiro atoms. The van der Waals surface area contributed by atoms with Crippen LogP contribution in [0.15, 0.2) is 54.6 Å². The molecule has 1 N–H and O–H groups in total. The van der Waals surface area contributed by atoms with Crippen LogP contribution in [0.2, 0.25) is 0 Å². The number of nitrogens with zero attached hydrogens (tertiary/aromatic N) is 2. The fourth-order valence-corrected chi connectivity index (χ4v) is 2.98. The molecule has 0 saturated carbocycles. The van der Waals surface area contributed by atoms with Gasteiger partial charge in [-0.05, 0) is 48.0 Å². The zero-order valence-corrected chi connectivity index (χ0v) is 14.7. The largest absolute Gasteiger partial charge is 0.497 e. The Kier molecular flexibility index (Phi) is 4.60. The van der Waals surface area contributed by atoms with Crippen LogP contribution in [-0.4, -0.2) is 22.8 Å². The molecule has 0 radical (unpaired) electrons. The Morgan fingerprint density at radius 2 is 1.96 bits per heavy atom. The van der Waals surface area contributed by atoms with Crippen molar-refractivity contribution in [2.24, 2.45) is 0 Å². The summed E-state index contributed by atoms with van der Waals surface area (Å²) in [6.07, 6.45) is -0.226. The van der Waals surface area contributed by atoms with E-state index in [4.69, 9.17) is 9.47 Å². The van der Waals surface area contributed by atoms with Gasteiger partial charge in [-0.15, -0.1) is 0 Å². The molecule has 0 fully saturated rings. The molecule has 7 heteroatoms. The van der Waals surface area contributed by atoms with Gasteiger partial charge in [0.2, 0.25) is 0 Å². The van der Waals surface area contributed by atoms with Crippen molar-refractivity contribution >= 4 is 11.6 Å². The number of amides is 1. The zero-order chi connectivity index (χ0) is 18.8. The summed E-state index contributed by atoms with van der Waals surface area (Å²) in [6.45, 7) is 0.807. The first kappa shape index (κ1) is 17.2. The number of halogens is 1. The lowest BCUT2D eigenvalue weighted by molar-refractivity contribution is -0.00122. The molecule has 1 atom stereocenters. The summed E-state index contributed by atoms with van der Waals surface area (Å²) in [7, 11) is 1.59. The van der Waals surface area contributed by atoms with E-state index >= 15 is 0 Å². The Balaban J connectivity index is 1.47. The van der Waals surface area contributed by atoms with Gasteiger partial charge in [0.1, 0.15) is 17.7 Å². The SMILES string of the molecule is COc1ccc(NC(=O)c2cc3n(n2)CC(c2ccc(F)cc2)OC3)cc1. The lowest BCUT2D eigenvalue weighted by Crippen LogP contribution is -2.22. The molecule has 0 bridgehead atoms. The number of fused-ring (bicyclic) bond motifs is 1. The average molecular weight is 367 g/mol. The molecule has 4 rings (SSSR count). The molecule has 1 unspecified atom stereocenters. The number of anilines is 1. The lowest BCUT2D eigenvalue weighted by Gasteiger charge is -2.24. The van der Waals surface area contributed by atoms with Gasteiger partial charge in [0.25, 0.3) is 5.91 Å². The van der Waals surface area contributed by atoms with E-state index in [1.807, 2.05) is 0 Å². The quantitative estimate of drug-likeness (QED) is 0.766. The highest BCUT2D eigenvalue weighted by molar-refractivity contribution is 6.02. The second kappa shape index (κ2) is 7.20. The average Bonchev–Trinajstić information content (AvgIpc) is 3.13. The van der Waals surface area contributed by atoms with Gasteiger partial charge in [-0.25, -0.2) is 4.39 Å². The molecule has 0 saturated heterocycles. The molecule has 27 heavy (non-hydrogen) atoms. The first-order chi connectivity index (χ1) is 13.1. The van der Waals surface area contributed by atoms with Crippen LogP contribution < -0.4 is 10.1 Å². The number of carbonyl (C=O) groups is 1. The van der Waals surface area contributed by atoms with Crippen molar-refractivity contribution in [3.05, 3.63) is 77.4 Å². The van der Waals surface area contributed by atoms with E-state index in [0.717, 1.165) is 17.0 Å². The molecule has 1 aromatic heterocycles. The highest BCUT2D eigenvalue weighted by Gasteiger charge is 2.24. The van der Waals surface area contributed by atoms with Crippen molar-refractivity contribution in [3.8, 4) is 5.75 Å². The Bertz CT molecular complexity index is 952. The summed E-state index contributed by atoms with van der Waals surface area (Å²) in [6, 6.07) is 15.0. The Morgan fingerprint density at radius 3 is 2.67 bits per heavy atom. The fourth-order valence-electron chi connectivity index (χ4n) is 2.98. The van der Waals surface area contributed by atoms with Crippen LogP contribution >= 0.6 is 0 Å². The zero-order valence-electron chi connectivity index (χ0n) is 14.7. The van der Waals surface area contributed by atoms with Crippen LogP contribution in [0, 0.1) is 5.82 Å². The van der Waals surface area contributed by atoms with Gasteiger partial charge in [0.05, 0.1) is 26.0 Å². The maximum Gasteiger partial charge on any atom is 0.276 e. The maximum atomic E-state index is 13.1. The second-order valence-electron chi connectivity index (χ2n) is 6.24. The summed E-state index contributed by atoms with van der Waals surface area (Å²) < 4.78 is 25.8. The van der Waals surface area contributed by atoms with Crippen molar-refractivity contribution < 1.29 is 18.7 Å². The van der Waals surface area contributed by atoms with Gasteiger partial charge < -0.3 is 14.8 Å². The highest BCUT2D eigenvalue weighted by Crippen LogP contribution is 2.27. The first-order valence-corrected chi connectivity index (χ1v) is 8.51. The maximum absolute atomic E-state index is 13.1. The van der Waals surface area contributed by atoms with E-state index in [1.165, 1.54) is 12.1 Å². The summed E-state index contributed by atoms with van der Waals surface area (Å²) in [5.74, 6) is 0.140. The minimum absolute atomic E-state index is 0.226. The number of nitrogens with one attached hydrogen (secondary N) is 1. The van der Waals surface area contributed by atoms with Crippen molar-refractivity contribution in [2.75, 3.05) is 12.4 Å². The van der Waals surface area contributed by atoms with E-state index in [9.17, 15) is 9.18 Å². The van der Waals surface area contributed by atoms with Gasteiger partial charge in [0, 0.05) is 5.69 Å². The molecule has 2 aromatic carbocycles. The van der Waals surface area contributed by atoms with Gasteiger partial charge in [-0.3, -0.25) is 9.48 Å². The summed E-state index contributed by atoms with van der Waals surface area (Å²) in [4.78, 5) is 12.5. The van der Waals surface area contributed by atoms with Gasteiger partial charge in [-0.1, -0.05) is 12.1 Å². The number of hydrogen-bond acceptors (Lipinski definition) is 4. The molecule has 2 heterocycles. The van der Waals surface area contributed by atoms with Crippen molar-refractivity contribution in [2.45, 2.75) is 19.3 Å². The van der Waals surface area contributed by atoms with Gasteiger partial charge >= 0.3 is 0 Å². The summed E-state index contributed by atoms with van der Waals surface area (Å²) in [5, 5.41) is 7.21. The van der Waals surface area contributed by atoms with Crippen LogP contribution in [-0.2, 0) is 17.9 Å². The van der Waals surface area contributed by atoms with E-state index in [1.54, 1.807) is 54.3 Å². The molecule has 1 aliphatic heterocycles. The third kappa shape index (κ3) is 3.68. The Labute approximate surface area is 155 Å². The molecule has 0 aliphatic carbocycles. The van der Waals surface area contributed by atoms with E-state index in [0.29, 0.717) is 24.5 Å². The van der Waals surface area contributed by atoms with Crippen molar-refractivity contribution in [1.82, 2.24) is 9.78 Å². The number of carbonyl (C=O) groups excluding carboxylic acids is 1. The third-order valence-corrected chi connectivity index (χ3v) is 4.46. The molecule has 6 nitrogen and oxygen atoms in total. The number of aromatic nitrogens is 2. The summed E-state index contributed by atoms with van der Waals surface area (Å²) >= 11 is 0. The number of benzene rings is 2. The first-order valence-electron chi connectivity index (χ1n) is 8.51. The predicted molar refractivity (Wildman–Crippen MR) is 97.1 cm³/mol. The standard InChI is InChI=1S/C20H18FN3O3/c1-26-17-8-6-15(7-9-17)22-20(25)18-10-16-12-27-19(11-24(16)23-18)13-2-4-14(21)5-3-13/h2-10,19H,11-12H2,1H3,(H,22,25). The predicted octanol–water partition coefficient (Wildman–Crippen LogP) is 3.55. The number of rotatable bonds is 4. The van der Waals surface area contributed by atoms with Gasteiger partial charge in [0.15, 0.2) is 5.69 Å². The van der Waals surface area contributed by atoms with Crippen LogP contribution in [0.1, 0.15) is 27.8 Å². The third-order valence-electron chi connectivity index (χ3n) is 4.46. The topological polar surface area (TPSA) is 65.4 Å². The van der Waals surface area contributed by atoms with Gasteiger partial charge in [-0.2, -0.15) is 5.10 Å². The molecule has 1 aliphatic rings. The highest BCUT2D eigenvalue weighted by atomic mass is 19.1. The molecule has 3 aromatic rings. The van der Waals surface area contributed by atoms with Crippen molar-refractivity contribution in [1.29, 1.82) is 0 Å². The van der Waals surface area contributed by atoms with E-state index in [-0.39, 0.29) is 17.8 Å². The molecule has 1 amide bonds. The van der Waals surface area contributed by atoms with E-state index in [2.05, 4.69) is 10.4 Å². The number of methoxy groups -OCH3 is 1. The Morgan fingerprint density at radius 1 is 1.22 bits per heavy atom.